The van der Waals surface area contributed by atoms with Gasteiger partial charge >= 0.3 is 0 Å². The second-order valence-corrected chi connectivity index (χ2v) is 7.79. The van der Waals surface area contributed by atoms with Gasteiger partial charge in [0.2, 0.25) is 11.8 Å². The molecule has 4 rings (SSSR count). The third-order valence-electron chi connectivity index (χ3n) is 4.99. The number of fused-ring (bicyclic) bond motifs is 1. The summed E-state index contributed by atoms with van der Waals surface area (Å²) in [5, 5.41) is 5.09. The van der Waals surface area contributed by atoms with E-state index in [1.54, 1.807) is 24.3 Å². The zero-order chi connectivity index (χ0) is 17.4. The molecule has 2 heterocycles. The Labute approximate surface area is 150 Å². The summed E-state index contributed by atoms with van der Waals surface area (Å²) >= 11 is 1.84. The zero-order valence-electron chi connectivity index (χ0n) is 13.9. The number of anilines is 1. The van der Waals surface area contributed by atoms with Crippen molar-refractivity contribution in [2.75, 3.05) is 18.4 Å². The fourth-order valence-corrected chi connectivity index (χ4v) is 4.56. The van der Waals surface area contributed by atoms with E-state index in [1.165, 1.54) is 23.3 Å². The van der Waals surface area contributed by atoms with Gasteiger partial charge in [0, 0.05) is 28.7 Å². The number of nitrogens with two attached hydrogens (primary N) is 1. The van der Waals surface area contributed by atoms with Crippen molar-refractivity contribution in [3.63, 3.8) is 0 Å². The minimum absolute atomic E-state index is 0.0174. The van der Waals surface area contributed by atoms with Crippen LogP contribution >= 0.6 is 11.3 Å². The molecule has 1 atom stereocenters. The van der Waals surface area contributed by atoms with Gasteiger partial charge in [-0.05, 0) is 66.5 Å². The van der Waals surface area contributed by atoms with Crippen molar-refractivity contribution < 1.29 is 9.59 Å². The Kier molecular flexibility index (Phi) is 4.31. The van der Waals surface area contributed by atoms with Crippen molar-refractivity contribution in [2.24, 2.45) is 11.7 Å². The highest BCUT2D eigenvalue weighted by molar-refractivity contribution is 7.10. The lowest BCUT2D eigenvalue weighted by Gasteiger charge is -2.35. The molecule has 0 saturated heterocycles. The lowest BCUT2D eigenvalue weighted by molar-refractivity contribution is -0.118. The summed E-state index contributed by atoms with van der Waals surface area (Å²) < 4.78 is 0. The monoisotopic (exact) mass is 355 g/mol. The summed E-state index contributed by atoms with van der Waals surface area (Å²) in [6.07, 6.45) is 3.54. The van der Waals surface area contributed by atoms with Crippen molar-refractivity contribution in [2.45, 2.75) is 25.3 Å². The number of thiophene rings is 1. The van der Waals surface area contributed by atoms with Crippen LogP contribution in [0.2, 0.25) is 0 Å². The topological polar surface area (TPSA) is 75.4 Å². The molecule has 2 aromatic rings. The third kappa shape index (κ3) is 3.45. The second kappa shape index (κ2) is 6.61. The molecular weight excluding hydrogens is 334 g/mol. The van der Waals surface area contributed by atoms with Gasteiger partial charge in [0.25, 0.3) is 0 Å². The van der Waals surface area contributed by atoms with E-state index < -0.39 is 5.91 Å². The van der Waals surface area contributed by atoms with Crippen LogP contribution in [-0.4, -0.2) is 29.8 Å². The molecule has 25 heavy (non-hydrogen) atoms. The fraction of sp³-hybridized carbons (Fsp3) is 0.368. The number of amides is 2. The van der Waals surface area contributed by atoms with Crippen LogP contribution in [0.4, 0.5) is 5.69 Å². The first-order valence-corrected chi connectivity index (χ1v) is 9.50. The molecule has 1 aliphatic heterocycles. The van der Waals surface area contributed by atoms with Gasteiger partial charge in [0.05, 0.1) is 6.54 Å². The fourth-order valence-electron chi connectivity index (χ4n) is 3.64. The van der Waals surface area contributed by atoms with Crippen LogP contribution in [0, 0.1) is 5.92 Å². The Morgan fingerprint density at radius 3 is 2.64 bits per heavy atom. The Morgan fingerprint density at radius 1 is 1.20 bits per heavy atom. The largest absolute Gasteiger partial charge is 0.366 e. The van der Waals surface area contributed by atoms with Gasteiger partial charge in [0.15, 0.2) is 0 Å². The standard InChI is InChI=1S/C19H21N3O2S/c20-19(24)13-3-5-14(6-4-13)21-17(23)11-22-9-7-16-15(8-10-25-16)18(22)12-1-2-12/h3-6,8,10,12,18H,1-2,7,9,11H2,(H2,20,24)(H,21,23)/t18-/m1/s1. The molecule has 1 aliphatic carbocycles. The summed E-state index contributed by atoms with van der Waals surface area (Å²) in [5.74, 6) is 0.206. The summed E-state index contributed by atoms with van der Waals surface area (Å²) in [6, 6.07) is 9.30. The number of rotatable bonds is 5. The highest BCUT2D eigenvalue weighted by Gasteiger charge is 2.40. The van der Waals surface area contributed by atoms with Crippen molar-refractivity contribution in [3.05, 3.63) is 51.7 Å². The molecule has 3 N–H and O–H groups in total. The molecule has 1 aromatic heterocycles. The normalized spacial score (nSPS) is 20.1. The second-order valence-electron chi connectivity index (χ2n) is 6.79. The number of hydrogen-bond donors (Lipinski definition) is 2. The molecule has 1 fully saturated rings. The first-order chi connectivity index (χ1) is 12.1. The zero-order valence-corrected chi connectivity index (χ0v) is 14.7. The van der Waals surface area contributed by atoms with E-state index in [0.29, 0.717) is 29.8 Å². The average molecular weight is 355 g/mol. The quantitative estimate of drug-likeness (QED) is 0.866. The minimum atomic E-state index is -0.468. The number of primary amides is 1. The summed E-state index contributed by atoms with van der Waals surface area (Å²) in [4.78, 5) is 27.4. The molecule has 130 valence electrons. The Morgan fingerprint density at radius 2 is 1.96 bits per heavy atom. The highest BCUT2D eigenvalue weighted by atomic mass is 32.1. The van der Waals surface area contributed by atoms with Crippen LogP contribution in [0.25, 0.3) is 0 Å². The predicted octanol–water partition coefficient (Wildman–Crippen LogP) is 2.79. The van der Waals surface area contributed by atoms with Crippen molar-refractivity contribution in [1.82, 2.24) is 4.90 Å². The van der Waals surface area contributed by atoms with Crippen LogP contribution in [0.5, 0.6) is 0 Å². The number of benzene rings is 1. The Bertz CT molecular complexity index is 795. The maximum absolute atomic E-state index is 12.5. The van der Waals surface area contributed by atoms with E-state index >= 15 is 0 Å². The van der Waals surface area contributed by atoms with Crippen LogP contribution in [0.15, 0.2) is 35.7 Å². The molecule has 1 aromatic carbocycles. The Balaban J connectivity index is 1.42. The van der Waals surface area contributed by atoms with Gasteiger partial charge in [-0.2, -0.15) is 0 Å². The van der Waals surface area contributed by atoms with Gasteiger partial charge in [-0.15, -0.1) is 11.3 Å². The van der Waals surface area contributed by atoms with E-state index in [4.69, 9.17) is 5.73 Å². The van der Waals surface area contributed by atoms with E-state index in [0.717, 1.165) is 13.0 Å². The predicted molar refractivity (Wildman–Crippen MR) is 98.7 cm³/mol. The molecule has 2 aliphatic rings. The summed E-state index contributed by atoms with van der Waals surface area (Å²) in [6.45, 7) is 1.33. The Hall–Kier alpha value is -2.18. The van der Waals surface area contributed by atoms with Gasteiger partial charge in [0.1, 0.15) is 0 Å². The average Bonchev–Trinajstić information content (AvgIpc) is 3.31. The maximum atomic E-state index is 12.5. The number of nitrogens with one attached hydrogen (secondary N) is 1. The summed E-state index contributed by atoms with van der Waals surface area (Å²) in [5.41, 5.74) is 7.79. The maximum Gasteiger partial charge on any atom is 0.248 e. The lowest BCUT2D eigenvalue weighted by Crippen LogP contribution is -2.41. The minimum Gasteiger partial charge on any atom is -0.366 e. The van der Waals surface area contributed by atoms with Crippen LogP contribution < -0.4 is 11.1 Å². The number of carbonyl (C=O) groups excluding carboxylic acids is 2. The SMILES string of the molecule is NC(=O)c1ccc(NC(=O)CN2CCc3sccc3[C@H]2C2CC2)cc1. The third-order valence-corrected chi connectivity index (χ3v) is 5.98. The molecule has 6 heteroatoms. The van der Waals surface area contributed by atoms with Crippen molar-refractivity contribution >= 4 is 28.8 Å². The van der Waals surface area contributed by atoms with Gasteiger partial charge < -0.3 is 11.1 Å². The molecule has 2 amide bonds. The lowest BCUT2D eigenvalue weighted by atomic mass is 9.96. The van der Waals surface area contributed by atoms with Crippen molar-refractivity contribution in [3.8, 4) is 0 Å². The van der Waals surface area contributed by atoms with Crippen molar-refractivity contribution in [1.29, 1.82) is 0 Å². The molecule has 1 saturated carbocycles. The van der Waals surface area contributed by atoms with Crippen LogP contribution in [0.1, 0.15) is 39.7 Å². The molecule has 0 radical (unpaired) electrons. The van der Waals surface area contributed by atoms with Crippen LogP contribution in [-0.2, 0) is 11.2 Å². The van der Waals surface area contributed by atoms with Gasteiger partial charge in [-0.25, -0.2) is 0 Å². The van der Waals surface area contributed by atoms with Gasteiger partial charge in [-0.3, -0.25) is 14.5 Å². The number of nitrogens with zero attached hydrogens (tertiary/aromatic N) is 1. The number of hydrogen-bond acceptors (Lipinski definition) is 4. The summed E-state index contributed by atoms with van der Waals surface area (Å²) in [7, 11) is 0. The van der Waals surface area contributed by atoms with E-state index in [-0.39, 0.29) is 5.91 Å². The molecular formula is C19H21N3O2S. The van der Waals surface area contributed by atoms with E-state index in [1.807, 2.05) is 11.3 Å². The molecule has 0 spiro atoms. The first-order valence-electron chi connectivity index (χ1n) is 8.62. The number of carbonyl (C=O) groups is 2. The van der Waals surface area contributed by atoms with E-state index in [2.05, 4.69) is 21.7 Å². The van der Waals surface area contributed by atoms with E-state index in [9.17, 15) is 9.59 Å². The van der Waals surface area contributed by atoms with Gasteiger partial charge in [-0.1, -0.05) is 0 Å². The molecule has 0 bridgehead atoms. The smallest absolute Gasteiger partial charge is 0.248 e. The molecule has 5 nitrogen and oxygen atoms in total. The first kappa shape index (κ1) is 16.3. The highest BCUT2D eigenvalue weighted by Crippen LogP contribution is 2.48. The molecule has 0 unspecified atom stereocenters. The van der Waals surface area contributed by atoms with Crippen LogP contribution in [0.3, 0.4) is 0 Å².